The third-order valence-electron chi connectivity index (χ3n) is 6.20. The Morgan fingerprint density at radius 2 is 1.91 bits per heavy atom. The number of hydrogen-bond donors (Lipinski definition) is 1. The van der Waals surface area contributed by atoms with Crippen LogP contribution in [0.3, 0.4) is 0 Å². The molecule has 174 valence electrons. The maximum absolute atomic E-state index is 13.0. The first kappa shape index (κ1) is 22.3. The molecule has 1 aromatic carbocycles. The molecule has 1 fully saturated rings. The van der Waals surface area contributed by atoms with E-state index in [0.717, 1.165) is 58.2 Å². The van der Waals surface area contributed by atoms with Gasteiger partial charge in [0.15, 0.2) is 5.82 Å². The molecule has 4 aromatic rings. The van der Waals surface area contributed by atoms with E-state index >= 15 is 0 Å². The predicted molar refractivity (Wildman–Crippen MR) is 134 cm³/mol. The van der Waals surface area contributed by atoms with E-state index in [1.54, 1.807) is 12.3 Å². The van der Waals surface area contributed by atoms with E-state index in [1.807, 2.05) is 44.3 Å². The number of aryl methyl sites for hydroxylation is 1. The van der Waals surface area contributed by atoms with Gasteiger partial charge in [0, 0.05) is 35.8 Å². The summed E-state index contributed by atoms with van der Waals surface area (Å²) in [6.45, 7) is 4.06. The fraction of sp³-hybridized carbons (Fsp3) is 0.333. The standard InChI is InChI=1S/C24H26N8OS/c1-15-27-30-24(34-15)17-4-5-20-18(12-17)13-21(29-28-20)26-23(33)16-6-9-25-22(14-16)32(3)19-7-10-31(2)11-8-19/h4-6,9,12-14,19H,7-8,10-11H2,1-3H3,(H,26,29,33). The number of piperidine rings is 1. The van der Waals surface area contributed by atoms with Gasteiger partial charge in [0.2, 0.25) is 0 Å². The van der Waals surface area contributed by atoms with Gasteiger partial charge in [-0.3, -0.25) is 4.79 Å². The molecule has 0 atom stereocenters. The van der Waals surface area contributed by atoms with Gasteiger partial charge in [-0.1, -0.05) is 11.3 Å². The molecule has 1 aliphatic rings. The van der Waals surface area contributed by atoms with Crippen LogP contribution in [0.5, 0.6) is 0 Å². The summed E-state index contributed by atoms with van der Waals surface area (Å²) in [5, 5.41) is 22.2. The summed E-state index contributed by atoms with van der Waals surface area (Å²) in [6.07, 6.45) is 3.84. The zero-order valence-electron chi connectivity index (χ0n) is 19.4. The highest BCUT2D eigenvalue weighted by molar-refractivity contribution is 7.14. The number of carbonyl (C=O) groups excluding carboxylic acids is 1. The minimum Gasteiger partial charge on any atom is -0.357 e. The van der Waals surface area contributed by atoms with Crippen LogP contribution in [0.2, 0.25) is 0 Å². The number of hydrogen-bond acceptors (Lipinski definition) is 9. The highest BCUT2D eigenvalue weighted by Gasteiger charge is 2.22. The van der Waals surface area contributed by atoms with Gasteiger partial charge in [-0.05, 0) is 76.3 Å². The first-order valence-electron chi connectivity index (χ1n) is 11.2. The number of carbonyl (C=O) groups is 1. The Morgan fingerprint density at radius 3 is 2.68 bits per heavy atom. The fourth-order valence-corrected chi connectivity index (χ4v) is 4.85. The average Bonchev–Trinajstić information content (AvgIpc) is 3.30. The van der Waals surface area contributed by atoms with Crippen LogP contribution in [0.1, 0.15) is 28.2 Å². The maximum Gasteiger partial charge on any atom is 0.257 e. The third-order valence-corrected chi connectivity index (χ3v) is 7.09. The van der Waals surface area contributed by atoms with Gasteiger partial charge in [-0.2, -0.15) is 0 Å². The van der Waals surface area contributed by atoms with E-state index in [4.69, 9.17) is 0 Å². The van der Waals surface area contributed by atoms with Gasteiger partial charge in [-0.25, -0.2) is 4.98 Å². The van der Waals surface area contributed by atoms with Gasteiger partial charge in [0.25, 0.3) is 5.91 Å². The van der Waals surface area contributed by atoms with E-state index in [0.29, 0.717) is 17.4 Å². The number of aromatic nitrogens is 5. The van der Waals surface area contributed by atoms with Crippen molar-refractivity contribution in [3.05, 3.63) is 53.2 Å². The Bertz CT molecular complexity index is 1330. The van der Waals surface area contributed by atoms with Crippen molar-refractivity contribution >= 4 is 39.8 Å². The molecule has 0 saturated carbocycles. The van der Waals surface area contributed by atoms with Crippen molar-refractivity contribution in [1.82, 2.24) is 30.3 Å². The van der Waals surface area contributed by atoms with E-state index in [1.165, 1.54) is 11.3 Å². The van der Waals surface area contributed by atoms with Crippen molar-refractivity contribution in [3.8, 4) is 10.6 Å². The van der Waals surface area contributed by atoms with Gasteiger partial charge < -0.3 is 15.1 Å². The van der Waals surface area contributed by atoms with Crippen LogP contribution in [0, 0.1) is 6.92 Å². The lowest BCUT2D eigenvalue weighted by Crippen LogP contribution is -2.42. The normalized spacial score (nSPS) is 14.9. The van der Waals surface area contributed by atoms with Gasteiger partial charge >= 0.3 is 0 Å². The van der Waals surface area contributed by atoms with Crippen LogP contribution >= 0.6 is 11.3 Å². The Morgan fingerprint density at radius 1 is 1.09 bits per heavy atom. The molecule has 0 spiro atoms. The molecule has 1 amide bonds. The minimum atomic E-state index is -0.245. The highest BCUT2D eigenvalue weighted by atomic mass is 32.1. The molecule has 0 unspecified atom stereocenters. The molecule has 5 rings (SSSR count). The molecule has 1 N–H and O–H groups in total. The second kappa shape index (κ2) is 9.40. The van der Waals surface area contributed by atoms with E-state index in [2.05, 4.69) is 47.5 Å². The number of likely N-dealkylation sites (tertiary alicyclic amines) is 1. The number of nitrogens with zero attached hydrogens (tertiary/aromatic N) is 7. The summed E-state index contributed by atoms with van der Waals surface area (Å²) < 4.78 is 0. The van der Waals surface area contributed by atoms with E-state index in [9.17, 15) is 4.79 Å². The molecule has 0 aliphatic carbocycles. The number of amides is 1. The second-order valence-corrected chi connectivity index (χ2v) is 9.81. The molecule has 0 bridgehead atoms. The number of pyridine rings is 1. The zero-order valence-corrected chi connectivity index (χ0v) is 20.2. The van der Waals surface area contributed by atoms with Crippen molar-refractivity contribution in [2.75, 3.05) is 37.4 Å². The Kier molecular flexibility index (Phi) is 6.16. The van der Waals surface area contributed by atoms with Gasteiger partial charge in [-0.15, -0.1) is 20.4 Å². The van der Waals surface area contributed by atoms with Crippen LogP contribution in [-0.2, 0) is 0 Å². The van der Waals surface area contributed by atoms with E-state index in [-0.39, 0.29) is 5.91 Å². The van der Waals surface area contributed by atoms with Crippen molar-refractivity contribution in [2.24, 2.45) is 0 Å². The second-order valence-electron chi connectivity index (χ2n) is 8.63. The SMILES string of the molecule is Cc1nnc(-c2ccc3nnc(NC(=O)c4ccnc(N(C)C5CCN(C)CC5)c4)cc3c2)s1. The summed E-state index contributed by atoms with van der Waals surface area (Å²) in [5.41, 5.74) is 2.23. The number of benzene rings is 1. The highest BCUT2D eigenvalue weighted by Crippen LogP contribution is 2.27. The third kappa shape index (κ3) is 4.73. The van der Waals surface area contributed by atoms with E-state index < -0.39 is 0 Å². The summed E-state index contributed by atoms with van der Waals surface area (Å²) >= 11 is 1.54. The lowest BCUT2D eigenvalue weighted by Gasteiger charge is -2.35. The molecule has 3 aromatic heterocycles. The summed E-state index contributed by atoms with van der Waals surface area (Å²) in [6, 6.07) is 11.6. The van der Waals surface area contributed by atoms with Crippen molar-refractivity contribution < 1.29 is 4.79 Å². The van der Waals surface area contributed by atoms with Crippen LogP contribution < -0.4 is 10.2 Å². The number of fused-ring (bicyclic) bond motifs is 1. The van der Waals surface area contributed by atoms with Gasteiger partial charge in [0.1, 0.15) is 15.8 Å². The first-order chi connectivity index (χ1) is 16.5. The first-order valence-corrected chi connectivity index (χ1v) is 12.0. The summed E-state index contributed by atoms with van der Waals surface area (Å²) in [7, 11) is 4.19. The maximum atomic E-state index is 13.0. The van der Waals surface area contributed by atoms with Crippen LogP contribution in [0.15, 0.2) is 42.6 Å². The Balaban J connectivity index is 1.33. The Labute approximate surface area is 201 Å². The molecule has 34 heavy (non-hydrogen) atoms. The van der Waals surface area contributed by atoms with Crippen LogP contribution in [0.4, 0.5) is 11.6 Å². The monoisotopic (exact) mass is 474 g/mol. The summed E-state index contributed by atoms with van der Waals surface area (Å²) in [5.74, 6) is 0.943. The topological polar surface area (TPSA) is 100 Å². The summed E-state index contributed by atoms with van der Waals surface area (Å²) in [4.78, 5) is 22.0. The molecule has 0 radical (unpaired) electrons. The van der Waals surface area contributed by atoms with Crippen LogP contribution in [0.25, 0.3) is 21.5 Å². The number of anilines is 2. The lowest BCUT2D eigenvalue weighted by atomic mass is 10.0. The average molecular weight is 475 g/mol. The smallest absolute Gasteiger partial charge is 0.257 e. The molecule has 1 aliphatic heterocycles. The molecular formula is C24H26N8OS. The fourth-order valence-electron chi connectivity index (χ4n) is 4.16. The quantitative estimate of drug-likeness (QED) is 0.468. The largest absolute Gasteiger partial charge is 0.357 e. The molecular weight excluding hydrogens is 448 g/mol. The minimum absolute atomic E-state index is 0.245. The van der Waals surface area contributed by atoms with Crippen LogP contribution in [-0.4, -0.2) is 69.4 Å². The van der Waals surface area contributed by atoms with Gasteiger partial charge in [0.05, 0.1) is 5.52 Å². The number of nitrogens with one attached hydrogen (secondary N) is 1. The molecule has 1 saturated heterocycles. The van der Waals surface area contributed by atoms with Crippen molar-refractivity contribution in [2.45, 2.75) is 25.8 Å². The molecule has 9 nitrogen and oxygen atoms in total. The van der Waals surface area contributed by atoms with Crippen molar-refractivity contribution in [3.63, 3.8) is 0 Å². The molecule has 4 heterocycles. The predicted octanol–water partition coefficient (Wildman–Crippen LogP) is 3.63. The zero-order chi connectivity index (χ0) is 23.7. The Hall–Kier alpha value is -3.50. The lowest BCUT2D eigenvalue weighted by molar-refractivity contribution is 0.102. The molecule has 10 heteroatoms. The number of rotatable bonds is 5. The van der Waals surface area contributed by atoms with Crippen molar-refractivity contribution in [1.29, 1.82) is 0 Å².